The molecule has 0 saturated heterocycles. The predicted octanol–water partition coefficient (Wildman–Crippen LogP) is 3.41. The predicted molar refractivity (Wildman–Crippen MR) is 94.1 cm³/mol. The minimum atomic E-state index is -0.510. The first-order valence-corrected chi connectivity index (χ1v) is 7.54. The number of rotatable bonds is 2. The van der Waals surface area contributed by atoms with Crippen molar-refractivity contribution in [2.45, 2.75) is 6.92 Å². The average Bonchev–Trinajstić information content (AvgIpc) is 2.95. The Balaban J connectivity index is 2.07. The molecule has 0 spiro atoms. The molecule has 0 bridgehead atoms. The Labute approximate surface area is 144 Å². The van der Waals surface area contributed by atoms with E-state index in [0.717, 1.165) is 11.1 Å². The van der Waals surface area contributed by atoms with Crippen LogP contribution >= 0.6 is 0 Å². The Kier molecular flexibility index (Phi) is 4.23. The van der Waals surface area contributed by atoms with E-state index in [0.29, 0.717) is 11.3 Å². The molecule has 3 rings (SSSR count). The van der Waals surface area contributed by atoms with Gasteiger partial charge in [0.15, 0.2) is 0 Å². The summed E-state index contributed by atoms with van der Waals surface area (Å²) < 4.78 is 1.56. The number of phenolic OH excluding ortho intramolecular Hbond substituents is 1. The third kappa shape index (κ3) is 3.51. The third-order valence-electron chi connectivity index (χ3n) is 3.67. The first kappa shape index (κ1) is 16.3. The highest BCUT2D eigenvalue weighted by Crippen LogP contribution is 2.33. The molecule has 0 atom stereocenters. The van der Waals surface area contributed by atoms with Gasteiger partial charge >= 0.3 is 0 Å². The molecule has 3 aromatic rings. The van der Waals surface area contributed by atoms with Crippen molar-refractivity contribution in [3.8, 4) is 28.8 Å². The highest BCUT2D eigenvalue weighted by atomic mass is 16.6. The van der Waals surface area contributed by atoms with Gasteiger partial charge in [0.25, 0.3) is 5.69 Å². The van der Waals surface area contributed by atoms with Gasteiger partial charge in [0, 0.05) is 30.9 Å². The lowest BCUT2D eigenvalue weighted by Gasteiger charge is -2.02. The summed E-state index contributed by atoms with van der Waals surface area (Å²) >= 11 is 0. The van der Waals surface area contributed by atoms with Crippen LogP contribution in [0.25, 0.3) is 11.3 Å². The summed E-state index contributed by atoms with van der Waals surface area (Å²) in [6.07, 6.45) is 1.72. The van der Waals surface area contributed by atoms with Gasteiger partial charge in [0.2, 0.25) is 0 Å². The first-order chi connectivity index (χ1) is 11.9. The zero-order chi connectivity index (χ0) is 18.0. The molecule has 0 aliphatic carbocycles. The van der Waals surface area contributed by atoms with Gasteiger partial charge in [-0.05, 0) is 25.1 Å². The molecule has 1 heterocycles. The zero-order valence-electron chi connectivity index (χ0n) is 13.7. The van der Waals surface area contributed by atoms with Crippen molar-refractivity contribution < 1.29 is 10.0 Å². The van der Waals surface area contributed by atoms with E-state index in [-0.39, 0.29) is 17.0 Å². The van der Waals surface area contributed by atoms with E-state index in [1.165, 1.54) is 18.2 Å². The monoisotopic (exact) mass is 333 g/mol. The normalized spacial score (nSPS) is 10.2. The van der Waals surface area contributed by atoms with E-state index in [9.17, 15) is 15.2 Å². The van der Waals surface area contributed by atoms with Crippen molar-refractivity contribution in [3.63, 3.8) is 0 Å². The molecule has 0 aliphatic rings. The van der Waals surface area contributed by atoms with Gasteiger partial charge in [-0.15, -0.1) is 0 Å². The summed E-state index contributed by atoms with van der Waals surface area (Å²) in [5.41, 5.74) is 3.15. The van der Waals surface area contributed by atoms with Crippen molar-refractivity contribution in [2.24, 2.45) is 7.05 Å². The fourth-order valence-corrected chi connectivity index (χ4v) is 2.38. The first-order valence-electron chi connectivity index (χ1n) is 7.54. The van der Waals surface area contributed by atoms with Crippen LogP contribution in [0.2, 0.25) is 0 Å². The van der Waals surface area contributed by atoms with Gasteiger partial charge in [-0.1, -0.05) is 29.5 Å². The SMILES string of the molecule is Cc1ccc(C#Cc2cn(C)nc2-c2cc([N+](=O)[O-])ccc2O)cc1. The van der Waals surface area contributed by atoms with Crippen molar-refractivity contribution >= 4 is 5.69 Å². The average molecular weight is 333 g/mol. The van der Waals surface area contributed by atoms with Crippen LogP contribution in [0.15, 0.2) is 48.7 Å². The number of non-ortho nitro benzene ring substituents is 1. The van der Waals surface area contributed by atoms with E-state index >= 15 is 0 Å². The minimum absolute atomic E-state index is 0.0808. The molecule has 2 aromatic carbocycles. The number of hydrogen-bond acceptors (Lipinski definition) is 4. The molecule has 124 valence electrons. The van der Waals surface area contributed by atoms with E-state index in [2.05, 4.69) is 16.9 Å². The molecule has 0 fully saturated rings. The maximum Gasteiger partial charge on any atom is 0.270 e. The fraction of sp³-hybridized carbons (Fsp3) is 0.105. The molecule has 25 heavy (non-hydrogen) atoms. The van der Waals surface area contributed by atoms with Gasteiger partial charge < -0.3 is 5.11 Å². The van der Waals surface area contributed by atoms with Crippen LogP contribution in [0.1, 0.15) is 16.7 Å². The zero-order valence-corrected chi connectivity index (χ0v) is 13.7. The summed E-state index contributed by atoms with van der Waals surface area (Å²) in [7, 11) is 1.73. The van der Waals surface area contributed by atoms with Gasteiger partial charge in [-0.2, -0.15) is 5.10 Å². The molecule has 1 N–H and O–H groups in total. The summed E-state index contributed by atoms with van der Waals surface area (Å²) in [5, 5.41) is 25.4. The van der Waals surface area contributed by atoms with Crippen molar-refractivity contribution in [2.75, 3.05) is 0 Å². The van der Waals surface area contributed by atoms with Gasteiger partial charge in [0.1, 0.15) is 11.4 Å². The minimum Gasteiger partial charge on any atom is -0.507 e. The molecule has 0 aliphatic heterocycles. The lowest BCUT2D eigenvalue weighted by molar-refractivity contribution is -0.384. The number of aromatic nitrogens is 2. The number of aryl methyl sites for hydroxylation is 2. The topological polar surface area (TPSA) is 81.2 Å². The van der Waals surface area contributed by atoms with E-state index in [4.69, 9.17) is 0 Å². The van der Waals surface area contributed by atoms with Crippen LogP contribution in [0.4, 0.5) is 5.69 Å². The van der Waals surface area contributed by atoms with Gasteiger partial charge in [0.05, 0.1) is 16.1 Å². The molecule has 1 aromatic heterocycles. The number of nitrogens with zero attached hydrogens (tertiary/aromatic N) is 3. The Morgan fingerprint density at radius 1 is 1.16 bits per heavy atom. The number of nitro groups is 1. The number of aromatic hydroxyl groups is 1. The number of nitro benzene ring substituents is 1. The standard InChI is InChI=1S/C19H15N3O3/c1-13-3-5-14(6-4-13)7-8-15-12-21(2)20-19(15)17-11-16(22(24)25)9-10-18(17)23/h3-6,9-12,23H,1-2H3. The summed E-state index contributed by atoms with van der Waals surface area (Å²) in [5.74, 6) is 6.00. The second-order valence-electron chi connectivity index (χ2n) is 5.64. The van der Waals surface area contributed by atoms with Crippen molar-refractivity contribution in [1.82, 2.24) is 9.78 Å². The molecule has 6 heteroatoms. The van der Waals surface area contributed by atoms with E-state index in [1.54, 1.807) is 17.9 Å². The fourth-order valence-electron chi connectivity index (χ4n) is 2.38. The van der Waals surface area contributed by atoms with Crippen LogP contribution in [-0.4, -0.2) is 19.8 Å². The lowest BCUT2D eigenvalue weighted by Crippen LogP contribution is -1.91. The van der Waals surface area contributed by atoms with Gasteiger partial charge in [-0.3, -0.25) is 14.8 Å². The van der Waals surface area contributed by atoms with Crippen molar-refractivity contribution in [3.05, 3.63) is 75.5 Å². The quantitative estimate of drug-likeness (QED) is 0.443. The molecule has 0 unspecified atom stereocenters. The Morgan fingerprint density at radius 3 is 2.56 bits per heavy atom. The number of hydrogen-bond donors (Lipinski definition) is 1. The van der Waals surface area contributed by atoms with E-state index in [1.807, 2.05) is 31.2 Å². The summed E-state index contributed by atoms with van der Waals surface area (Å²) in [6, 6.07) is 11.6. The molecular weight excluding hydrogens is 318 g/mol. The molecular formula is C19H15N3O3. The smallest absolute Gasteiger partial charge is 0.270 e. The maximum atomic E-state index is 11.0. The Hall–Kier alpha value is -3.59. The van der Waals surface area contributed by atoms with Crippen LogP contribution in [-0.2, 0) is 7.05 Å². The second kappa shape index (κ2) is 6.49. The molecule has 6 nitrogen and oxygen atoms in total. The van der Waals surface area contributed by atoms with Crippen LogP contribution in [0.3, 0.4) is 0 Å². The molecule has 0 radical (unpaired) electrons. The summed E-state index contributed by atoms with van der Waals surface area (Å²) in [6.45, 7) is 2.00. The lowest BCUT2D eigenvalue weighted by atomic mass is 10.1. The van der Waals surface area contributed by atoms with Crippen molar-refractivity contribution in [1.29, 1.82) is 0 Å². The van der Waals surface area contributed by atoms with Crippen LogP contribution in [0.5, 0.6) is 5.75 Å². The number of benzene rings is 2. The summed E-state index contributed by atoms with van der Waals surface area (Å²) in [4.78, 5) is 10.5. The third-order valence-corrected chi connectivity index (χ3v) is 3.67. The van der Waals surface area contributed by atoms with E-state index < -0.39 is 4.92 Å². The highest BCUT2D eigenvalue weighted by Gasteiger charge is 2.17. The molecule has 0 saturated carbocycles. The maximum absolute atomic E-state index is 11.0. The van der Waals surface area contributed by atoms with Gasteiger partial charge in [-0.25, -0.2) is 0 Å². The second-order valence-corrected chi connectivity index (χ2v) is 5.64. The Morgan fingerprint density at radius 2 is 1.88 bits per heavy atom. The largest absolute Gasteiger partial charge is 0.507 e. The van der Waals surface area contributed by atoms with Crippen LogP contribution in [0, 0.1) is 28.9 Å². The number of phenols is 1. The van der Waals surface area contributed by atoms with Crippen LogP contribution < -0.4 is 0 Å². The Bertz CT molecular complexity index is 1010. The highest BCUT2D eigenvalue weighted by molar-refractivity contribution is 5.74. The molecule has 0 amide bonds.